The van der Waals surface area contributed by atoms with Crippen LogP contribution in [0.15, 0.2) is 287 Å². The number of aromatic hydroxyl groups is 1. The lowest BCUT2D eigenvalue weighted by Crippen LogP contribution is -3.00. The van der Waals surface area contributed by atoms with Gasteiger partial charge < -0.3 is 70.0 Å². The Morgan fingerprint density at radius 2 is 0.694 bits per heavy atom. The molecule has 11 aromatic carbocycles. The molecule has 0 aromatic heterocycles. The van der Waals surface area contributed by atoms with Gasteiger partial charge in [-0.3, -0.25) is 8.98 Å². The summed E-state index contributed by atoms with van der Waals surface area (Å²) in [5.41, 5.74) is 6.77. The molecule has 16 nitrogen and oxygen atoms in total. The van der Waals surface area contributed by atoms with E-state index in [2.05, 4.69) is 349 Å². The molecule has 0 unspecified atom stereocenters. The molecule has 1 heterocycles. The van der Waals surface area contributed by atoms with Gasteiger partial charge in [-0.2, -0.15) is 8.42 Å². The largest absolute Gasteiger partial charge is 1.00 e. The second kappa shape index (κ2) is 67.1. The van der Waals surface area contributed by atoms with E-state index in [0.29, 0.717) is 44.2 Å². The molecule has 0 atom stereocenters. The number of ether oxygens (including phenoxy) is 8. The number of rotatable bonds is 33. The Labute approximate surface area is 898 Å². The van der Waals surface area contributed by atoms with E-state index in [0.717, 1.165) is 204 Å². The maximum absolute atomic E-state index is 12.1. The zero-order valence-corrected chi connectivity index (χ0v) is 98.0. The van der Waals surface area contributed by atoms with Gasteiger partial charge in [0.1, 0.15) is 81.1 Å². The summed E-state index contributed by atoms with van der Waals surface area (Å²) in [4.78, 5) is 24.4. The van der Waals surface area contributed by atoms with Crippen molar-refractivity contribution in [2.45, 2.75) is 157 Å². The van der Waals surface area contributed by atoms with Crippen molar-refractivity contribution < 1.29 is 87.3 Å². The van der Waals surface area contributed by atoms with Crippen LogP contribution < -0.4 is 66.1 Å². The average molecular weight is 2650 g/mol. The number of alkyl halides is 1. The summed E-state index contributed by atoms with van der Waals surface area (Å²) in [6, 6.07) is 79.2. The summed E-state index contributed by atoms with van der Waals surface area (Å²) >= 11 is 37.4. The summed E-state index contributed by atoms with van der Waals surface area (Å²) in [6.07, 6.45) is 13.4. The summed E-state index contributed by atoms with van der Waals surface area (Å²) in [5, 5.41) is 22.9. The molecule has 0 spiro atoms. The smallest absolute Gasteiger partial charge is 0.410 e. The third-order valence-electron chi connectivity index (χ3n) is 17.9. The normalized spacial score (nSPS) is 11.3. The molecule has 30 heteroatoms. The lowest BCUT2D eigenvalue weighted by molar-refractivity contribution is -0.0000820. The fourth-order valence-electron chi connectivity index (χ4n) is 12.2. The Balaban J connectivity index is 0.000000331. The Bertz CT molecular complexity index is 5200. The average Bonchev–Trinajstić information content (AvgIpc) is 0.748. The monoisotopic (exact) mass is 2630 g/mol. The zero-order valence-electron chi connectivity index (χ0n) is 77.3. The van der Waals surface area contributed by atoms with E-state index >= 15 is 0 Å². The van der Waals surface area contributed by atoms with Crippen LogP contribution in [0.3, 0.4) is 0 Å². The number of hydrogen-bond donors (Lipinski definition) is 2. The van der Waals surface area contributed by atoms with Crippen LogP contribution in [0.5, 0.6) is 46.0 Å². The minimum Gasteiger partial charge on any atom is -1.00 e. The fourth-order valence-corrected chi connectivity index (χ4v) is 22.7. The van der Waals surface area contributed by atoms with Crippen LogP contribution in [0.4, 0.5) is 4.79 Å². The highest BCUT2D eigenvalue weighted by atomic mass is 79.9. The number of aliphatic hydroxyl groups is 1. The quantitative estimate of drug-likeness (QED) is 0.0170. The SMILES string of the molecule is CCCOc1cc(Br)cc(Br)c1.CCCOc1cc(Br)cc(C=C2CCN(C(=O)OC(C)(C)C)CC2)c1.CCCOc1cc(Br)cc(C=O)c1.CCCOc1cc(Br)cc(CBr)c1.CCCOc1cc(Br)cc(CO)c1.CCCOc1cc(Br)cc(COS(C)(=O)=O)c1.CCCOc1cc(Br)cc(C[P+](c2ccccc2)(c2ccccc2)c2ccccc2)c1.Oc1cc(Br)cc(Br)c1.[Br-]. The van der Waals surface area contributed by atoms with Crippen molar-refractivity contribution in [3.05, 3.63) is 320 Å². The standard InChI is InChI=1S/C28H27BrOP.C20H28BrNO3.C11H15BrO4S.C10H12Br2O.C10H13BrO2.C10H11BrO2.C9H10Br2O.C6H4Br2O.BrH/c1-2-18-30-25-20-23(19-24(29)21-25)22-31(26-12-6-3-7-13-26,27-14-8-4-9-15-27)28-16-10-5-11-17-28;1-5-10-24-18-13-16(12-17(21)14-18)11-15-6-8-22(9-7-15)19(23)25-20(2,3)4;1-3-4-15-11-6-9(5-10(12)7-11)8-16-17(2,13)14;1-2-3-13-10-5-8(7-11)4-9(12)6-10;2*1-2-3-13-10-5-8(7-12)4-9(11)6-10;1-2-3-12-9-5-7(10)4-8(11)6-9;7-4-1-5(8)3-6(9)2-4;/h3-17,19-21H,2,18,22H2,1H3;11-14H,5-10H2,1-4H3;5-7H,3-4,8H2,1-2H3;4-6H,2-3,7H2,1H3;4-6,12H,2-3,7H2,1H3;4-7H,2-3H2,1H3;4-6H,2-3H2,1H3;1-3,9H;1H/q+1;;;;;;;;/p-1. The Morgan fingerprint density at radius 3 is 1.03 bits per heavy atom. The Morgan fingerprint density at radius 1 is 0.403 bits per heavy atom. The van der Waals surface area contributed by atoms with E-state index < -0.39 is 23.0 Å². The lowest BCUT2D eigenvalue weighted by Gasteiger charge is -2.31. The first-order chi connectivity index (χ1) is 63.6. The number of carbonyl (C=O) groups is 2. The van der Waals surface area contributed by atoms with Crippen molar-refractivity contribution in [3.63, 3.8) is 0 Å². The number of nitrogens with zero attached hydrogens (tertiary/aromatic N) is 1. The number of phenolic OH excluding ortho intramolecular Hbond substituents is 1. The molecule has 0 aliphatic carbocycles. The second-order valence-electron chi connectivity index (χ2n) is 30.9. The number of aldehydes is 1. The third kappa shape index (κ3) is 49.6. The van der Waals surface area contributed by atoms with Gasteiger partial charge in [-0.1, -0.05) is 290 Å². The molecular weight excluding hydrogens is 2530 g/mol. The first-order valence-electron chi connectivity index (χ1n) is 43.6. The van der Waals surface area contributed by atoms with Crippen LogP contribution in [0.1, 0.15) is 165 Å². The van der Waals surface area contributed by atoms with Crippen molar-refractivity contribution >= 4 is 227 Å². The van der Waals surface area contributed by atoms with Gasteiger partial charge in [-0.25, -0.2) is 4.79 Å². The van der Waals surface area contributed by atoms with Gasteiger partial charge >= 0.3 is 6.09 Å². The minimum atomic E-state index is -3.42. The molecule has 1 amide bonds. The number of amides is 1. The highest BCUT2D eigenvalue weighted by Gasteiger charge is 2.45. The molecule has 134 heavy (non-hydrogen) atoms. The minimum absolute atomic E-state index is 0. The fraction of sp³-hybridized carbons (Fsp3) is 0.327. The third-order valence-corrected chi connectivity index (χ3v) is 28.0. The van der Waals surface area contributed by atoms with Gasteiger partial charge in [0, 0.05) is 68.7 Å². The van der Waals surface area contributed by atoms with E-state index in [9.17, 15) is 18.0 Å². The molecule has 0 bridgehead atoms. The van der Waals surface area contributed by atoms with Crippen LogP contribution in [-0.4, -0.2) is 107 Å². The van der Waals surface area contributed by atoms with Gasteiger partial charge in [0.25, 0.3) is 10.1 Å². The number of piperidine rings is 1. The number of hydrogen-bond acceptors (Lipinski definition) is 15. The van der Waals surface area contributed by atoms with Crippen molar-refractivity contribution in [2.24, 2.45) is 0 Å². The summed E-state index contributed by atoms with van der Waals surface area (Å²) in [7, 11) is -5.34. The molecule has 1 aliphatic rings. The maximum atomic E-state index is 12.1. The summed E-state index contributed by atoms with van der Waals surface area (Å²) in [5.74, 6) is 6.15. The molecule has 1 saturated heterocycles. The second-order valence-corrected chi connectivity index (χ2v) is 45.8. The molecule has 11 aromatic rings. The van der Waals surface area contributed by atoms with Crippen LogP contribution in [0, 0.1) is 0 Å². The van der Waals surface area contributed by atoms with Crippen molar-refractivity contribution in [1.29, 1.82) is 0 Å². The molecule has 0 radical (unpaired) electrons. The number of benzene rings is 11. The van der Waals surface area contributed by atoms with E-state index in [1.807, 2.05) is 101 Å². The number of halogens is 12. The van der Waals surface area contributed by atoms with Crippen LogP contribution >= 0.6 is 182 Å². The molecule has 0 saturated carbocycles. The van der Waals surface area contributed by atoms with Crippen LogP contribution in [0.25, 0.3) is 6.08 Å². The van der Waals surface area contributed by atoms with Gasteiger partial charge in [-0.05, 0) is 288 Å². The van der Waals surface area contributed by atoms with Gasteiger partial charge in [0.2, 0.25) is 0 Å². The molecular formula is C104H120Br12NO15PS. The molecule has 1 aliphatic heterocycles. The van der Waals surface area contributed by atoms with Crippen LogP contribution in [-0.2, 0) is 43.7 Å². The highest BCUT2D eigenvalue weighted by molar-refractivity contribution is 9.12. The number of likely N-dealkylation sites (tertiary alicyclic amines) is 1. The van der Waals surface area contributed by atoms with Crippen molar-refractivity contribution in [2.75, 3.05) is 65.6 Å². The van der Waals surface area contributed by atoms with Crippen LogP contribution in [0.2, 0.25) is 0 Å². The summed E-state index contributed by atoms with van der Waals surface area (Å²) < 4.78 is 80.5. The predicted octanol–water partition coefficient (Wildman–Crippen LogP) is 28.9. The van der Waals surface area contributed by atoms with Gasteiger partial charge in [0.05, 0.1) is 71.9 Å². The van der Waals surface area contributed by atoms with E-state index in [-0.39, 0.29) is 42.0 Å². The van der Waals surface area contributed by atoms with E-state index in [1.54, 1.807) is 41.3 Å². The van der Waals surface area contributed by atoms with E-state index in [1.165, 1.54) is 32.6 Å². The Hall–Kier alpha value is -5.44. The van der Waals surface area contributed by atoms with Gasteiger partial charge in [-0.15, -0.1) is 0 Å². The molecule has 726 valence electrons. The summed E-state index contributed by atoms with van der Waals surface area (Å²) in [6.45, 7) is 26.7. The van der Waals surface area contributed by atoms with Crippen molar-refractivity contribution in [1.82, 2.24) is 4.90 Å². The highest BCUT2D eigenvalue weighted by Crippen LogP contribution is 2.58. The molecule has 1 fully saturated rings. The number of phenols is 1. The zero-order chi connectivity index (χ0) is 97.7. The Kier molecular flexibility index (Phi) is 60.5. The first kappa shape index (κ1) is 121. The predicted molar refractivity (Wildman–Crippen MR) is 588 cm³/mol. The van der Waals surface area contributed by atoms with E-state index in [4.69, 9.17) is 52.3 Å². The topological polar surface area (TPSA) is 195 Å². The molecule has 2 N–H and O–H groups in total. The van der Waals surface area contributed by atoms with Gasteiger partial charge in [0.15, 0.2) is 0 Å². The maximum Gasteiger partial charge on any atom is 0.410 e. The van der Waals surface area contributed by atoms with Crippen molar-refractivity contribution in [3.8, 4) is 46.0 Å². The number of carbonyl (C=O) groups excluding carboxylic acids is 2. The lowest BCUT2D eigenvalue weighted by atomic mass is 10.0. The molecule has 12 rings (SSSR count). The number of aliphatic hydroxyl groups excluding tert-OH is 1. The first-order valence-corrected chi connectivity index (χ1v) is 56.4.